The Hall–Kier alpha value is -1.61. The molecule has 0 saturated carbocycles. The zero-order valence-electron chi connectivity index (χ0n) is 11.5. The number of nitrogen functional groups attached to an aromatic ring is 1. The van der Waals surface area contributed by atoms with Crippen molar-refractivity contribution in [1.29, 1.82) is 0 Å². The molecule has 2 rings (SSSR count). The van der Waals surface area contributed by atoms with Crippen LogP contribution in [0.3, 0.4) is 0 Å². The summed E-state index contributed by atoms with van der Waals surface area (Å²) < 4.78 is 0. The van der Waals surface area contributed by atoms with Crippen LogP contribution in [0.2, 0.25) is 0 Å². The van der Waals surface area contributed by atoms with Crippen molar-refractivity contribution in [3.8, 4) is 0 Å². The Bertz CT molecular complexity index is 501. The fourth-order valence-corrected chi connectivity index (χ4v) is 2.80. The van der Waals surface area contributed by atoms with Gasteiger partial charge >= 0.3 is 0 Å². The number of nitrogens with two attached hydrogens (primary N) is 1. The predicted molar refractivity (Wildman–Crippen MR) is 85.0 cm³/mol. The van der Waals surface area contributed by atoms with Gasteiger partial charge in [-0.05, 0) is 62.4 Å². The Morgan fingerprint density at radius 2 is 1.32 bits per heavy atom. The zero-order chi connectivity index (χ0) is 13.7. The number of benzene rings is 2. The second-order valence-electron chi connectivity index (χ2n) is 4.34. The Balaban J connectivity index is 2.08. The first-order chi connectivity index (χ1) is 9.22. The van der Waals surface area contributed by atoms with Crippen LogP contribution in [0.4, 0.5) is 11.4 Å². The minimum Gasteiger partial charge on any atom is -0.399 e. The molecule has 0 unspecified atom stereocenters. The van der Waals surface area contributed by atoms with Gasteiger partial charge in [-0.15, -0.1) is 0 Å². The molecule has 2 N–H and O–H groups in total. The molecule has 0 atom stereocenters. The fourth-order valence-electron chi connectivity index (χ4n) is 1.99. The van der Waals surface area contributed by atoms with Crippen molar-refractivity contribution < 1.29 is 0 Å². The monoisotopic (exact) mass is 272 g/mol. The predicted octanol–water partition coefficient (Wildman–Crippen LogP) is 4.27. The zero-order valence-corrected chi connectivity index (χ0v) is 12.3. The highest BCUT2D eigenvalue weighted by Gasteiger charge is 2.02. The summed E-state index contributed by atoms with van der Waals surface area (Å²) in [5.41, 5.74) is 7.78. The number of nitrogens with zero attached hydrogens (tertiary/aromatic N) is 1. The van der Waals surface area contributed by atoms with Gasteiger partial charge in [0.2, 0.25) is 0 Å². The van der Waals surface area contributed by atoms with E-state index in [-0.39, 0.29) is 0 Å². The molecule has 0 heterocycles. The van der Waals surface area contributed by atoms with Crippen LogP contribution >= 0.6 is 11.8 Å². The summed E-state index contributed by atoms with van der Waals surface area (Å²) in [6.07, 6.45) is 0. The van der Waals surface area contributed by atoms with Gasteiger partial charge in [0.1, 0.15) is 0 Å². The van der Waals surface area contributed by atoms with Crippen molar-refractivity contribution in [2.75, 3.05) is 23.7 Å². The van der Waals surface area contributed by atoms with E-state index in [9.17, 15) is 0 Å². The van der Waals surface area contributed by atoms with Crippen molar-refractivity contribution in [3.05, 3.63) is 48.5 Å². The lowest BCUT2D eigenvalue weighted by Crippen LogP contribution is -2.21. The standard InChI is InChI=1S/C16H20N2S/c1-3-18(4-2)14-7-11-16(12-8-14)19-15-9-5-13(17)6-10-15/h5-12H,3-4,17H2,1-2H3. The van der Waals surface area contributed by atoms with Crippen LogP contribution in [-0.2, 0) is 0 Å². The summed E-state index contributed by atoms with van der Waals surface area (Å²) in [7, 11) is 0. The van der Waals surface area contributed by atoms with E-state index in [0.29, 0.717) is 0 Å². The van der Waals surface area contributed by atoms with Gasteiger partial charge in [-0.25, -0.2) is 0 Å². The minimum atomic E-state index is 0.807. The average Bonchev–Trinajstić information content (AvgIpc) is 2.44. The normalized spacial score (nSPS) is 10.4. The molecule has 0 saturated heterocycles. The first-order valence-electron chi connectivity index (χ1n) is 6.61. The van der Waals surface area contributed by atoms with Gasteiger partial charge in [-0.3, -0.25) is 0 Å². The maximum atomic E-state index is 5.69. The van der Waals surface area contributed by atoms with Crippen molar-refractivity contribution >= 4 is 23.1 Å². The number of anilines is 2. The molecule has 2 aromatic rings. The van der Waals surface area contributed by atoms with Crippen LogP contribution in [0, 0.1) is 0 Å². The lowest BCUT2D eigenvalue weighted by atomic mass is 10.3. The Kier molecular flexibility index (Phi) is 4.74. The van der Waals surface area contributed by atoms with Gasteiger partial charge < -0.3 is 10.6 Å². The SMILES string of the molecule is CCN(CC)c1ccc(Sc2ccc(N)cc2)cc1. The molecule has 100 valence electrons. The van der Waals surface area contributed by atoms with Crippen LogP contribution in [0.1, 0.15) is 13.8 Å². The Labute approximate surface area is 119 Å². The maximum absolute atomic E-state index is 5.69. The quantitative estimate of drug-likeness (QED) is 0.824. The summed E-state index contributed by atoms with van der Waals surface area (Å²) in [6.45, 7) is 6.45. The van der Waals surface area contributed by atoms with E-state index in [4.69, 9.17) is 5.73 Å². The van der Waals surface area contributed by atoms with E-state index < -0.39 is 0 Å². The lowest BCUT2D eigenvalue weighted by molar-refractivity contribution is 0.865. The van der Waals surface area contributed by atoms with Gasteiger partial charge in [0.15, 0.2) is 0 Å². The van der Waals surface area contributed by atoms with Crippen LogP contribution in [0.25, 0.3) is 0 Å². The number of hydrogen-bond donors (Lipinski definition) is 1. The molecule has 2 nitrogen and oxygen atoms in total. The highest BCUT2D eigenvalue weighted by atomic mass is 32.2. The fraction of sp³-hybridized carbons (Fsp3) is 0.250. The summed E-state index contributed by atoms with van der Waals surface area (Å²) in [5, 5.41) is 0. The molecule has 0 aromatic heterocycles. The van der Waals surface area contributed by atoms with E-state index >= 15 is 0 Å². The molecule has 0 bridgehead atoms. The van der Waals surface area contributed by atoms with E-state index in [2.05, 4.69) is 55.1 Å². The summed E-state index contributed by atoms with van der Waals surface area (Å²) in [5.74, 6) is 0. The summed E-state index contributed by atoms with van der Waals surface area (Å²) in [6, 6.07) is 16.7. The molecule has 0 fully saturated rings. The van der Waals surface area contributed by atoms with Crippen LogP contribution in [-0.4, -0.2) is 13.1 Å². The van der Waals surface area contributed by atoms with Crippen molar-refractivity contribution in [2.24, 2.45) is 0 Å². The second kappa shape index (κ2) is 6.53. The largest absolute Gasteiger partial charge is 0.399 e. The third-order valence-electron chi connectivity index (χ3n) is 3.08. The van der Waals surface area contributed by atoms with Crippen LogP contribution < -0.4 is 10.6 Å². The molecule has 0 spiro atoms. The highest BCUT2D eigenvalue weighted by Crippen LogP contribution is 2.29. The smallest absolute Gasteiger partial charge is 0.0366 e. The third-order valence-corrected chi connectivity index (χ3v) is 4.10. The van der Waals surface area contributed by atoms with Gasteiger partial charge in [0.25, 0.3) is 0 Å². The van der Waals surface area contributed by atoms with E-state index in [1.165, 1.54) is 15.5 Å². The van der Waals surface area contributed by atoms with Crippen molar-refractivity contribution in [2.45, 2.75) is 23.6 Å². The van der Waals surface area contributed by atoms with Crippen LogP contribution in [0.5, 0.6) is 0 Å². The topological polar surface area (TPSA) is 29.3 Å². The van der Waals surface area contributed by atoms with E-state index in [1.807, 2.05) is 12.1 Å². The molecular weight excluding hydrogens is 252 g/mol. The second-order valence-corrected chi connectivity index (χ2v) is 5.48. The van der Waals surface area contributed by atoms with Gasteiger partial charge in [-0.2, -0.15) is 0 Å². The number of rotatable bonds is 5. The summed E-state index contributed by atoms with van der Waals surface area (Å²) in [4.78, 5) is 4.81. The molecule has 2 aromatic carbocycles. The minimum absolute atomic E-state index is 0.807. The molecule has 0 radical (unpaired) electrons. The van der Waals surface area contributed by atoms with Gasteiger partial charge in [0.05, 0.1) is 0 Å². The van der Waals surface area contributed by atoms with E-state index in [1.54, 1.807) is 11.8 Å². The molecule has 0 aliphatic heterocycles. The Morgan fingerprint density at radius 3 is 1.79 bits per heavy atom. The number of hydrogen-bond acceptors (Lipinski definition) is 3. The first-order valence-corrected chi connectivity index (χ1v) is 7.43. The van der Waals surface area contributed by atoms with E-state index in [0.717, 1.165) is 18.8 Å². The van der Waals surface area contributed by atoms with Crippen LogP contribution in [0.15, 0.2) is 58.3 Å². The molecular formula is C16H20N2S. The molecule has 0 aliphatic rings. The van der Waals surface area contributed by atoms with Crippen molar-refractivity contribution in [3.63, 3.8) is 0 Å². The first kappa shape index (κ1) is 13.8. The van der Waals surface area contributed by atoms with Gasteiger partial charge in [0, 0.05) is 34.3 Å². The molecule has 3 heteroatoms. The van der Waals surface area contributed by atoms with Crippen molar-refractivity contribution in [1.82, 2.24) is 0 Å². The lowest BCUT2D eigenvalue weighted by Gasteiger charge is -2.21. The molecule has 0 amide bonds. The third kappa shape index (κ3) is 3.67. The summed E-state index contributed by atoms with van der Waals surface area (Å²) >= 11 is 1.76. The maximum Gasteiger partial charge on any atom is 0.0366 e. The van der Waals surface area contributed by atoms with Gasteiger partial charge in [-0.1, -0.05) is 11.8 Å². The average molecular weight is 272 g/mol. The highest BCUT2D eigenvalue weighted by molar-refractivity contribution is 7.99. The molecule has 19 heavy (non-hydrogen) atoms. The molecule has 0 aliphatic carbocycles. The Morgan fingerprint density at radius 1 is 0.842 bits per heavy atom.